The average Bonchev–Trinajstić information content (AvgIpc) is 3.05. The van der Waals surface area contributed by atoms with Gasteiger partial charge in [-0.1, -0.05) is 32.1 Å². The summed E-state index contributed by atoms with van der Waals surface area (Å²) in [5, 5.41) is 14.4. The Kier molecular flexibility index (Phi) is 6.39. The summed E-state index contributed by atoms with van der Waals surface area (Å²) in [6, 6.07) is 6.14. The normalized spacial score (nSPS) is 15.7. The molecule has 1 heterocycles. The highest BCUT2D eigenvalue weighted by Crippen LogP contribution is 2.29. The smallest absolute Gasteiger partial charge is 0.348 e. The molecule has 1 aromatic heterocycles. The van der Waals surface area contributed by atoms with Crippen LogP contribution in [0.1, 0.15) is 54.6 Å². The fourth-order valence-electron chi connectivity index (χ4n) is 3.32. The van der Waals surface area contributed by atoms with Gasteiger partial charge in [0.15, 0.2) is 6.61 Å². The first-order chi connectivity index (χ1) is 13.0. The first kappa shape index (κ1) is 19.3. The van der Waals surface area contributed by atoms with Crippen molar-refractivity contribution >= 4 is 39.0 Å². The van der Waals surface area contributed by atoms with Crippen LogP contribution in [-0.2, 0) is 9.53 Å². The van der Waals surface area contributed by atoms with Gasteiger partial charge in [0.05, 0.1) is 4.92 Å². The Morgan fingerprint density at radius 2 is 1.85 bits per heavy atom. The lowest BCUT2D eigenvalue weighted by molar-refractivity contribution is -0.384. The quantitative estimate of drug-likeness (QED) is 0.469. The monoisotopic (exact) mass is 390 g/mol. The van der Waals surface area contributed by atoms with E-state index in [-0.39, 0.29) is 24.2 Å². The minimum Gasteiger partial charge on any atom is -0.451 e. The number of hydrogen-bond acceptors (Lipinski definition) is 6. The molecule has 1 N–H and O–H groups in total. The van der Waals surface area contributed by atoms with Gasteiger partial charge < -0.3 is 10.1 Å². The molecule has 1 aromatic carbocycles. The maximum absolute atomic E-state index is 12.2. The van der Waals surface area contributed by atoms with E-state index in [1.165, 1.54) is 42.7 Å². The van der Waals surface area contributed by atoms with Gasteiger partial charge in [-0.2, -0.15) is 0 Å². The van der Waals surface area contributed by atoms with E-state index in [2.05, 4.69) is 5.32 Å². The van der Waals surface area contributed by atoms with Crippen molar-refractivity contribution in [1.82, 2.24) is 5.32 Å². The van der Waals surface area contributed by atoms with Crippen LogP contribution in [0.15, 0.2) is 24.3 Å². The maximum Gasteiger partial charge on any atom is 0.348 e. The number of amides is 1. The maximum atomic E-state index is 12.2. The molecule has 1 aliphatic carbocycles. The Hall–Kier alpha value is -2.48. The summed E-state index contributed by atoms with van der Waals surface area (Å²) in [5.41, 5.74) is -0.0289. The molecule has 27 heavy (non-hydrogen) atoms. The van der Waals surface area contributed by atoms with Crippen molar-refractivity contribution in [3.63, 3.8) is 0 Å². The molecule has 0 aliphatic heterocycles. The van der Waals surface area contributed by atoms with E-state index in [0.29, 0.717) is 10.3 Å². The van der Waals surface area contributed by atoms with Crippen LogP contribution in [0.5, 0.6) is 0 Å². The summed E-state index contributed by atoms with van der Waals surface area (Å²) in [4.78, 5) is 35.0. The summed E-state index contributed by atoms with van der Waals surface area (Å²) in [6.07, 6.45) is 7.81. The van der Waals surface area contributed by atoms with Crippen molar-refractivity contribution < 1.29 is 19.2 Å². The lowest BCUT2D eigenvalue weighted by Crippen LogP contribution is -2.38. The molecule has 1 saturated carbocycles. The molecule has 0 bridgehead atoms. The van der Waals surface area contributed by atoms with Gasteiger partial charge in [-0.05, 0) is 25.0 Å². The lowest BCUT2D eigenvalue weighted by Gasteiger charge is -2.20. The Labute approximate surface area is 160 Å². The summed E-state index contributed by atoms with van der Waals surface area (Å²) in [7, 11) is 0. The molecule has 3 rings (SSSR count). The molecule has 8 heteroatoms. The molecule has 1 amide bonds. The first-order valence-electron chi connectivity index (χ1n) is 9.17. The fraction of sp³-hybridized carbons (Fsp3) is 0.474. The highest BCUT2D eigenvalue weighted by molar-refractivity contribution is 7.20. The number of non-ortho nitro benzene ring substituents is 1. The number of ether oxygens (including phenoxy) is 1. The third-order valence-electron chi connectivity index (χ3n) is 4.72. The molecule has 0 spiro atoms. The molecule has 2 aromatic rings. The second kappa shape index (κ2) is 8.94. The molecule has 0 atom stereocenters. The number of nitro groups is 1. The number of fused-ring (bicyclic) bond motifs is 1. The number of hydrogen-bond donors (Lipinski definition) is 1. The van der Waals surface area contributed by atoms with Crippen LogP contribution in [0.25, 0.3) is 10.1 Å². The van der Waals surface area contributed by atoms with Crippen molar-refractivity contribution in [2.75, 3.05) is 6.61 Å². The number of thiophene rings is 1. The van der Waals surface area contributed by atoms with E-state index in [1.54, 1.807) is 12.1 Å². The van der Waals surface area contributed by atoms with Gasteiger partial charge in [0.2, 0.25) is 0 Å². The van der Waals surface area contributed by atoms with Crippen LogP contribution in [0.4, 0.5) is 5.69 Å². The topological polar surface area (TPSA) is 98.5 Å². The van der Waals surface area contributed by atoms with Crippen LogP contribution in [0.2, 0.25) is 0 Å². The molecular formula is C19H22N2O5S. The average molecular weight is 390 g/mol. The highest BCUT2D eigenvalue weighted by Gasteiger charge is 2.18. The van der Waals surface area contributed by atoms with Crippen molar-refractivity contribution in [1.29, 1.82) is 0 Å². The van der Waals surface area contributed by atoms with E-state index in [1.807, 2.05) is 0 Å². The van der Waals surface area contributed by atoms with Gasteiger partial charge in [-0.15, -0.1) is 11.3 Å². The predicted molar refractivity (Wildman–Crippen MR) is 103 cm³/mol. The molecule has 1 aliphatic rings. The van der Waals surface area contributed by atoms with Gasteiger partial charge in [0.25, 0.3) is 11.6 Å². The number of nitrogens with zero attached hydrogens (tertiary/aromatic N) is 1. The third-order valence-corrected chi connectivity index (χ3v) is 5.81. The Balaban J connectivity index is 1.54. The fourth-order valence-corrected chi connectivity index (χ4v) is 4.25. The molecule has 0 unspecified atom stereocenters. The largest absolute Gasteiger partial charge is 0.451 e. The molecule has 7 nitrogen and oxygen atoms in total. The molecule has 144 valence electrons. The SMILES string of the molecule is O=C(COC(=O)c1cc2cc([N+](=O)[O-])ccc2s1)NC1CCCCCCC1. The van der Waals surface area contributed by atoms with Gasteiger partial charge in [-0.25, -0.2) is 4.79 Å². The zero-order valence-electron chi connectivity index (χ0n) is 14.9. The number of nitrogens with one attached hydrogen (secondary N) is 1. The van der Waals surface area contributed by atoms with Crippen LogP contribution < -0.4 is 5.32 Å². The van der Waals surface area contributed by atoms with E-state index < -0.39 is 10.9 Å². The summed E-state index contributed by atoms with van der Waals surface area (Å²) >= 11 is 1.19. The Morgan fingerprint density at radius 1 is 1.15 bits per heavy atom. The van der Waals surface area contributed by atoms with Gasteiger partial charge in [-0.3, -0.25) is 14.9 Å². The van der Waals surface area contributed by atoms with Crippen molar-refractivity contribution in [3.8, 4) is 0 Å². The van der Waals surface area contributed by atoms with E-state index in [4.69, 9.17) is 4.74 Å². The number of carbonyl (C=O) groups excluding carboxylic acids is 2. The van der Waals surface area contributed by atoms with Gasteiger partial charge >= 0.3 is 5.97 Å². The van der Waals surface area contributed by atoms with E-state index in [9.17, 15) is 19.7 Å². The predicted octanol–water partition coefficient (Wildman–Crippen LogP) is 4.20. The van der Waals surface area contributed by atoms with Gasteiger partial charge in [0, 0.05) is 28.3 Å². The van der Waals surface area contributed by atoms with Crippen molar-refractivity contribution in [2.24, 2.45) is 0 Å². The zero-order valence-corrected chi connectivity index (χ0v) is 15.8. The first-order valence-corrected chi connectivity index (χ1v) is 9.99. The van der Waals surface area contributed by atoms with Gasteiger partial charge in [0.1, 0.15) is 4.88 Å². The highest BCUT2D eigenvalue weighted by atomic mass is 32.1. The molecular weight excluding hydrogens is 368 g/mol. The van der Waals surface area contributed by atoms with Crippen LogP contribution in [0.3, 0.4) is 0 Å². The zero-order chi connectivity index (χ0) is 19.2. The number of carbonyl (C=O) groups is 2. The minimum atomic E-state index is -0.591. The van der Waals surface area contributed by atoms with Crippen LogP contribution >= 0.6 is 11.3 Å². The standard InChI is InChI=1S/C19H22N2O5S/c22-18(20-14-6-4-2-1-3-5-7-14)12-26-19(23)17-11-13-10-15(21(24)25)8-9-16(13)27-17/h8-11,14H,1-7,12H2,(H,20,22). The second-order valence-corrected chi connectivity index (χ2v) is 7.86. The Bertz CT molecular complexity index is 840. The summed E-state index contributed by atoms with van der Waals surface area (Å²) < 4.78 is 5.88. The Morgan fingerprint density at radius 3 is 2.56 bits per heavy atom. The second-order valence-electron chi connectivity index (χ2n) is 6.78. The minimum absolute atomic E-state index is 0.0289. The third kappa shape index (κ3) is 5.26. The van der Waals surface area contributed by atoms with Crippen molar-refractivity contribution in [2.45, 2.75) is 51.0 Å². The van der Waals surface area contributed by atoms with Crippen LogP contribution in [-0.4, -0.2) is 29.4 Å². The molecule has 1 fully saturated rings. The van der Waals surface area contributed by atoms with Crippen molar-refractivity contribution in [3.05, 3.63) is 39.3 Å². The van der Waals surface area contributed by atoms with Crippen LogP contribution in [0, 0.1) is 10.1 Å². The number of benzene rings is 1. The summed E-state index contributed by atoms with van der Waals surface area (Å²) in [5.74, 6) is -0.877. The molecule has 0 saturated heterocycles. The summed E-state index contributed by atoms with van der Waals surface area (Å²) in [6.45, 7) is -0.316. The number of esters is 1. The number of nitro benzene ring substituents is 1. The van der Waals surface area contributed by atoms with E-state index >= 15 is 0 Å². The lowest BCUT2D eigenvalue weighted by atomic mass is 9.97. The molecule has 0 radical (unpaired) electrons. The number of rotatable bonds is 5. The van der Waals surface area contributed by atoms with E-state index in [0.717, 1.165) is 30.4 Å².